The molecule has 0 amide bonds. The molecule has 1 aliphatic heterocycles. The van der Waals surface area contributed by atoms with Crippen molar-refractivity contribution in [1.82, 2.24) is 9.88 Å². The van der Waals surface area contributed by atoms with E-state index in [1.807, 2.05) is 0 Å². The number of H-pyrrole nitrogens is 1. The van der Waals surface area contributed by atoms with E-state index in [-0.39, 0.29) is 0 Å². The largest absolute Gasteiger partial charge is 0.378 e. The standard InChI is InChI=1S/C15H21N3O/c16-6-3-7-18-8-9-19-11-15(18)14-10-12-4-1-2-5-13(12)17-14/h1-2,4-5,10,15,17H,3,6-9,11,16H2. The molecule has 19 heavy (non-hydrogen) atoms. The van der Waals surface area contributed by atoms with Gasteiger partial charge in [-0.15, -0.1) is 0 Å². The minimum Gasteiger partial charge on any atom is -0.378 e. The molecule has 4 heteroatoms. The molecule has 3 N–H and O–H groups in total. The van der Waals surface area contributed by atoms with Gasteiger partial charge in [0.15, 0.2) is 0 Å². The number of ether oxygens (including phenoxy) is 1. The lowest BCUT2D eigenvalue weighted by Crippen LogP contribution is -2.40. The van der Waals surface area contributed by atoms with Crippen LogP contribution in [0, 0.1) is 0 Å². The maximum atomic E-state index is 5.65. The van der Waals surface area contributed by atoms with E-state index >= 15 is 0 Å². The molecular weight excluding hydrogens is 238 g/mol. The third kappa shape index (κ3) is 2.66. The minimum atomic E-state index is 0.327. The average molecular weight is 259 g/mol. The van der Waals surface area contributed by atoms with Gasteiger partial charge in [0.05, 0.1) is 19.3 Å². The van der Waals surface area contributed by atoms with E-state index < -0.39 is 0 Å². The quantitative estimate of drug-likeness (QED) is 0.881. The maximum absolute atomic E-state index is 5.65. The zero-order chi connectivity index (χ0) is 13.1. The Kier molecular flexibility index (Phi) is 3.82. The van der Waals surface area contributed by atoms with Crippen LogP contribution in [0.25, 0.3) is 10.9 Å². The van der Waals surface area contributed by atoms with Crippen LogP contribution in [0.1, 0.15) is 18.2 Å². The number of benzene rings is 1. The lowest BCUT2D eigenvalue weighted by Gasteiger charge is -2.35. The first-order chi connectivity index (χ1) is 9.38. The van der Waals surface area contributed by atoms with Crippen LogP contribution < -0.4 is 5.73 Å². The average Bonchev–Trinajstić information content (AvgIpc) is 2.89. The van der Waals surface area contributed by atoms with E-state index in [0.29, 0.717) is 6.04 Å². The lowest BCUT2D eigenvalue weighted by molar-refractivity contribution is -0.00984. The molecule has 1 aliphatic rings. The fourth-order valence-corrected chi connectivity index (χ4v) is 2.76. The summed E-state index contributed by atoms with van der Waals surface area (Å²) in [6, 6.07) is 11.0. The molecule has 1 unspecified atom stereocenters. The van der Waals surface area contributed by atoms with Gasteiger partial charge in [0, 0.05) is 24.3 Å². The Morgan fingerprint density at radius 3 is 3.11 bits per heavy atom. The monoisotopic (exact) mass is 259 g/mol. The number of aromatic nitrogens is 1. The number of rotatable bonds is 4. The van der Waals surface area contributed by atoms with Crippen LogP contribution in [-0.2, 0) is 4.74 Å². The van der Waals surface area contributed by atoms with Gasteiger partial charge in [0.2, 0.25) is 0 Å². The smallest absolute Gasteiger partial charge is 0.0736 e. The summed E-state index contributed by atoms with van der Waals surface area (Å²) in [5.74, 6) is 0. The van der Waals surface area contributed by atoms with Crippen LogP contribution in [-0.4, -0.2) is 42.7 Å². The highest BCUT2D eigenvalue weighted by Gasteiger charge is 2.25. The number of hydrogen-bond acceptors (Lipinski definition) is 3. The van der Waals surface area contributed by atoms with Gasteiger partial charge >= 0.3 is 0 Å². The maximum Gasteiger partial charge on any atom is 0.0736 e. The van der Waals surface area contributed by atoms with Gasteiger partial charge in [-0.05, 0) is 30.5 Å². The van der Waals surface area contributed by atoms with Gasteiger partial charge in [-0.1, -0.05) is 18.2 Å². The molecule has 1 atom stereocenters. The van der Waals surface area contributed by atoms with Crippen molar-refractivity contribution >= 4 is 10.9 Å². The van der Waals surface area contributed by atoms with E-state index in [1.165, 1.54) is 16.6 Å². The highest BCUT2D eigenvalue weighted by atomic mass is 16.5. The Hall–Kier alpha value is -1.36. The first kappa shape index (κ1) is 12.7. The molecule has 0 saturated carbocycles. The lowest BCUT2D eigenvalue weighted by atomic mass is 10.1. The summed E-state index contributed by atoms with van der Waals surface area (Å²) in [5.41, 5.74) is 8.07. The van der Waals surface area contributed by atoms with E-state index in [2.05, 4.69) is 40.2 Å². The van der Waals surface area contributed by atoms with Gasteiger partial charge in [0.25, 0.3) is 0 Å². The van der Waals surface area contributed by atoms with Crippen LogP contribution in [0.3, 0.4) is 0 Å². The second kappa shape index (κ2) is 5.74. The van der Waals surface area contributed by atoms with E-state index in [1.54, 1.807) is 0 Å². The van der Waals surface area contributed by atoms with Crippen molar-refractivity contribution in [2.75, 3.05) is 32.8 Å². The molecule has 1 aromatic carbocycles. The van der Waals surface area contributed by atoms with Crippen LogP contribution in [0.2, 0.25) is 0 Å². The predicted octanol–water partition coefficient (Wildman–Crippen LogP) is 1.89. The highest BCUT2D eigenvalue weighted by molar-refractivity contribution is 5.80. The Bertz CT molecular complexity index is 504. The normalized spacial score (nSPS) is 21.0. The first-order valence-electron chi connectivity index (χ1n) is 6.98. The molecule has 102 valence electrons. The topological polar surface area (TPSA) is 54.3 Å². The highest BCUT2D eigenvalue weighted by Crippen LogP contribution is 2.26. The van der Waals surface area contributed by atoms with Gasteiger partial charge in [-0.2, -0.15) is 0 Å². The molecule has 0 bridgehead atoms. The third-order valence-corrected chi connectivity index (χ3v) is 3.80. The van der Waals surface area contributed by atoms with Crippen molar-refractivity contribution in [1.29, 1.82) is 0 Å². The molecule has 0 aliphatic carbocycles. The Morgan fingerprint density at radius 1 is 1.37 bits per heavy atom. The summed E-state index contributed by atoms with van der Waals surface area (Å²) in [4.78, 5) is 5.99. The number of fused-ring (bicyclic) bond motifs is 1. The molecule has 3 rings (SSSR count). The summed E-state index contributed by atoms with van der Waals surface area (Å²) in [6.07, 6.45) is 1.04. The van der Waals surface area contributed by atoms with Crippen molar-refractivity contribution in [2.24, 2.45) is 5.73 Å². The summed E-state index contributed by atoms with van der Waals surface area (Å²) in [5, 5.41) is 1.27. The minimum absolute atomic E-state index is 0.327. The second-order valence-corrected chi connectivity index (χ2v) is 5.08. The number of aromatic amines is 1. The van der Waals surface area contributed by atoms with Crippen LogP contribution in [0.5, 0.6) is 0 Å². The molecule has 0 radical (unpaired) electrons. The first-order valence-corrected chi connectivity index (χ1v) is 6.98. The molecule has 4 nitrogen and oxygen atoms in total. The SMILES string of the molecule is NCCCN1CCOCC1c1cc2ccccc2[nH]1. The van der Waals surface area contributed by atoms with Gasteiger partial charge < -0.3 is 15.5 Å². The van der Waals surface area contributed by atoms with Crippen LogP contribution in [0.15, 0.2) is 30.3 Å². The molecule has 1 fully saturated rings. The summed E-state index contributed by atoms with van der Waals surface area (Å²) in [6.45, 7) is 4.36. The van der Waals surface area contributed by atoms with Gasteiger partial charge in [0.1, 0.15) is 0 Å². The Labute approximate surface area is 113 Å². The molecule has 1 aromatic heterocycles. The summed E-state index contributed by atoms with van der Waals surface area (Å²) < 4.78 is 5.65. The fraction of sp³-hybridized carbons (Fsp3) is 0.467. The summed E-state index contributed by atoms with van der Waals surface area (Å²) in [7, 11) is 0. The third-order valence-electron chi connectivity index (χ3n) is 3.80. The predicted molar refractivity (Wildman–Crippen MR) is 77.1 cm³/mol. The number of nitrogens with two attached hydrogens (primary N) is 1. The molecule has 2 heterocycles. The van der Waals surface area contributed by atoms with Crippen LogP contribution >= 0.6 is 0 Å². The van der Waals surface area contributed by atoms with Crippen molar-refractivity contribution in [3.05, 3.63) is 36.0 Å². The van der Waals surface area contributed by atoms with Gasteiger partial charge in [-0.25, -0.2) is 0 Å². The number of nitrogens with one attached hydrogen (secondary N) is 1. The number of para-hydroxylation sites is 1. The molecule has 1 saturated heterocycles. The molecule has 0 spiro atoms. The molecule has 2 aromatic rings. The zero-order valence-corrected chi connectivity index (χ0v) is 11.1. The van der Waals surface area contributed by atoms with E-state index in [9.17, 15) is 0 Å². The van der Waals surface area contributed by atoms with E-state index in [4.69, 9.17) is 10.5 Å². The number of hydrogen-bond donors (Lipinski definition) is 2. The number of nitrogens with zero attached hydrogens (tertiary/aromatic N) is 1. The fourth-order valence-electron chi connectivity index (χ4n) is 2.76. The van der Waals surface area contributed by atoms with Crippen molar-refractivity contribution < 1.29 is 4.74 Å². The number of morpholine rings is 1. The van der Waals surface area contributed by atoms with E-state index in [0.717, 1.165) is 39.3 Å². The summed E-state index contributed by atoms with van der Waals surface area (Å²) >= 11 is 0. The second-order valence-electron chi connectivity index (χ2n) is 5.08. The van der Waals surface area contributed by atoms with Crippen molar-refractivity contribution in [2.45, 2.75) is 12.5 Å². The zero-order valence-electron chi connectivity index (χ0n) is 11.1. The Balaban J connectivity index is 1.84. The van der Waals surface area contributed by atoms with Crippen molar-refractivity contribution in [3.8, 4) is 0 Å². The Morgan fingerprint density at radius 2 is 2.26 bits per heavy atom. The van der Waals surface area contributed by atoms with Gasteiger partial charge in [-0.3, -0.25) is 4.90 Å². The van der Waals surface area contributed by atoms with Crippen molar-refractivity contribution in [3.63, 3.8) is 0 Å². The molecular formula is C15H21N3O. The van der Waals surface area contributed by atoms with Crippen LogP contribution in [0.4, 0.5) is 0 Å².